The van der Waals surface area contributed by atoms with Crippen LogP contribution in [0.5, 0.6) is 0 Å². The number of benzene rings is 2. The van der Waals surface area contributed by atoms with Crippen molar-refractivity contribution in [3.05, 3.63) is 53.7 Å². The molecule has 2 N–H and O–H groups in total. The van der Waals surface area contributed by atoms with E-state index in [0.717, 1.165) is 30.2 Å². The van der Waals surface area contributed by atoms with Gasteiger partial charge in [-0.1, -0.05) is 30.3 Å². The van der Waals surface area contributed by atoms with Crippen LogP contribution in [0, 0.1) is 5.92 Å². The van der Waals surface area contributed by atoms with Crippen LogP contribution in [0.3, 0.4) is 0 Å². The fraction of sp³-hybridized carbons (Fsp3) is 0.250. The van der Waals surface area contributed by atoms with Crippen LogP contribution in [0.15, 0.2) is 48.7 Å². The predicted molar refractivity (Wildman–Crippen MR) is 82.6 cm³/mol. The van der Waals surface area contributed by atoms with Crippen LogP contribution < -0.4 is 10.6 Å². The molecule has 19 heavy (non-hydrogen) atoms. The molecule has 0 aromatic heterocycles. The third-order valence-electron chi connectivity index (χ3n) is 3.86. The van der Waals surface area contributed by atoms with Crippen molar-refractivity contribution in [1.29, 1.82) is 0 Å². The fourth-order valence-electron chi connectivity index (χ4n) is 2.70. The lowest BCUT2D eigenvalue weighted by molar-refractivity contribution is 0.684. The minimum absolute atomic E-state index is 0.418. The summed E-state index contributed by atoms with van der Waals surface area (Å²) in [5, 5.41) is 3.17. The van der Waals surface area contributed by atoms with Gasteiger partial charge in [-0.15, -0.1) is 0 Å². The molecule has 2 aromatic carbocycles. The van der Waals surface area contributed by atoms with E-state index < -0.39 is 0 Å². The summed E-state index contributed by atoms with van der Waals surface area (Å²) in [7, 11) is 0. The molecule has 1 aliphatic heterocycles. The molecule has 2 nitrogen and oxygen atoms in total. The second-order valence-electron chi connectivity index (χ2n) is 5.18. The monoisotopic (exact) mass is 272 g/mol. The highest BCUT2D eigenvalue weighted by molar-refractivity contribution is 6.31. The summed E-state index contributed by atoms with van der Waals surface area (Å²) >= 11 is 6.01. The summed E-state index contributed by atoms with van der Waals surface area (Å²) in [5.41, 5.74) is 7.86. The van der Waals surface area contributed by atoms with Crippen LogP contribution in [-0.2, 0) is 0 Å². The van der Waals surface area contributed by atoms with Gasteiger partial charge in [-0.2, -0.15) is 0 Å². The van der Waals surface area contributed by atoms with E-state index in [1.807, 2.05) is 12.1 Å². The first kappa shape index (κ1) is 12.4. The molecule has 3 rings (SSSR count). The zero-order valence-corrected chi connectivity index (χ0v) is 11.5. The summed E-state index contributed by atoms with van der Waals surface area (Å²) in [6, 6.07) is 12.5. The standard InChI is InChI=1S/C16H17ClN2/c1-11(18)14-6-7-19(10-14)16-5-3-12-8-15(17)4-2-13(12)9-16/h2-5,8-9,14H,1,6-7,10,18H2/t14-/m0/s1. The van der Waals surface area contributed by atoms with Crippen LogP contribution in [0.4, 0.5) is 5.69 Å². The Morgan fingerprint density at radius 1 is 1.21 bits per heavy atom. The van der Waals surface area contributed by atoms with E-state index in [0.29, 0.717) is 5.92 Å². The van der Waals surface area contributed by atoms with Crippen molar-refractivity contribution in [3.8, 4) is 0 Å². The van der Waals surface area contributed by atoms with Crippen LogP contribution in [0.1, 0.15) is 6.42 Å². The Bertz CT molecular complexity index is 636. The van der Waals surface area contributed by atoms with Crippen molar-refractivity contribution in [2.24, 2.45) is 11.7 Å². The molecule has 0 bridgehead atoms. The molecule has 1 fully saturated rings. The highest BCUT2D eigenvalue weighted by Crippen LogP contribution is 2.29. The number of hydrogen-bond acceptors (Lipinski definition) is 2. The molecule has 1 atom stereocenters. The molecule has 0 saturated carbocycles. The van der Waals surface area contributed by atoms with E-state index in [-0.39, 0.29) is 0 Å². The summed E-state index contributed by atoms with van der Waals surface area (Å²) in [5.74, 6) is 0.418. The second kappa shape index (κ2) is 4.78. The van der Waals surface area contributed by atoms with Crippen LogP contribution >= 0.6 is 11.6 Å². The first-order chi connectivity index (χ1) is 9.13. The molecule has 0 aliphatic carbocycles. The molecule has 2 aromatic rings. The largest absolute Gasteiger partial charge is 0.402 e. The van der Waals surface area contributed by atoms with Crippen molar-refractivity contribution >= 4 is 28.1 Å². The van der Waals surface area contributed by atoms with Gasteiger partial charge in [0.1, 0.15) is 0 Å². The quantitative estimate of drug-likeness (QED) is 0.901. The topological polar surface area (TPSA) is 29.3 Å². The molecule has 98 valence electrons. The van der Waals surface area contributed by atoms with E-state index in [1.54, 1.807) is 0 Å². The predicted octanol–water partition coefficient (Wildman–Crippen LogP) is 3.79. The number of anilines is 1. The van der Waals surface area contributed by atoms with Gasteiger partial charge in [-0.3, -0.25) is 0 Å². The van der Waals surface area contributed by atoms with Crippen molar-refractivity contribution in [2.45, 2.75) is 6.42 Å². The van der Waals surface area contributed by atoms with Crippen LogP contribution in [0.2, 0.25) is 5.02 Å². The third kappa shape index (κ3) is 2.41. The molecule has 0 spiro atoms. The van der Waals surface area contributed by atoms with Crippen molar-refractivity contribution in [3.63, 3.8) is 0 Å². The maximum atomic E-state index is 6.01. The second-order valence-corrected chi connectivity index (χ2v) is 5.62. The third-order valence-corrected chi connectivity index (χ3v) is 4.10. The summed E-state index contributed by atoms with van der Waals surface area (Å²) in [6.07, 6.45) is 1.09. The Morgan fingerprint density at radius 2 is 1.95 bits per heavy atom. The van der Waals surface area contributed by atoms with Gasteiger partial charge < -0.3 is 10.6 Å². The zero-order valence-electron chi connectivity index (χ0n) is 10.8. The maximum Gasteiger partial charge on any atom is 0.0412 e. The number of rotatable bonds is 2. The SMILES string of the molecule is C=C(N)[C@H]1CCN(c2ccc3cc(Cl)ccc3c2)C1. The molecule has 1 aliphatic rings. The van der Waals surface area contributed by atoms with E-state index in [4.69, 9.17) is 17.3 Å². The lowest BCUT2D eigenvalue weighted by atomic mass is 10.1. The number of nitrogens with zero attached hydrogens (tertiary/aromatic N) is 1. The minimum atomic E-state index is 0.418. The van der Waals surface area contributed by atoms with Gasteiger partial charge in [0.05, 0.1) is 0 Å². The van der Waals surface area contributed by atoms with Gasteiger partial charge in [0, 0.05) is 35.4 Å². The van der Waals surface area contributed by atoms with Crippen molar-refractivity contribution < 1.29 is 0 Å². The number of nitrogens with two attached hydrogens (primary N) is 1. The van der Waals surface area contributed by atoms with Gasteiger partial charge in [-0.25, -0.2) is 0 Å². The Labute approximate surface area is 118 Å². The Kier molecular flexibility index (Phi) is 3.11. The lowest BCUT2D eigenvalue weighted by Gasteiger charge is -2.19. The first-order valence-corrected chi connectivity index (χ1v) is 6.90. The van der Waals surface area contributed by atoms with Gasteiger partial charge in [0.2, 0.25) is 0 Å². The number of fused-ring (bicyclic) bond motifs is 1. The maximum absolute atomic E-state index is 6.01. The van der Waals surface area contributed by atoms with Gasteiger partial charge in [-0.05, 0) is 41.5 Å². The molecule has 0 radical (unpaired) electrons. The minimum Gasteiger partial charge on any atom is -0.402 e. The van der Waals surface area contributed by atoms with Crippen molar-refractivity contribution in [2.75, 3.05) is 18.0 Å². The zero-order chi connectivity index (χ0) is 13.4. The van der Waals surface area contributed by atoms with Crippen LogP contribution in [0.25, 0.3) is 10.8 Å². The fourth-order valence-corrected chi connectivity index (χ4v) is 2.88. The molecule has 0 unspecified atom stereocenters. The molecule has 0 amide bonds. The highest BCUT2D eigenvalue weighted by atomic mass is 35.5. The normalized spacial score (nSPS) is 19.0. The average Bonchev–Trinajstić information content (AvgIpc) is 2.88. The van der Waals surface area contributed by atoms with E-state index in [1.165, 1.54) is 16.5 Å². The Hall–Kier alpha value is -1.67. The van der Waals surface area contributed by atoms with Gasteiger partial charge >= 0.3 is 0 Å². The number of halogens is 1. The van der Waals surface area contributed by atoms with E-state index in [2.05, 4.69) is 35.7 Å². The summed E-state index contributed by atoms with van der Waals surface area (Å²) < 4.78 is 0. The number of hydrogen-bond donors (Lipinski definition) is 1. The molecular weight excluding hydrogens is 256 g/mol. The van der Waals surface area contributed by atoms with Gasteiger partial charge in [0.25, 0.3) is 0 Å². The molecular formula is C16H17ClN2. The lowest BCUT2D eigenvalue weighted by Crippen LogP contribution is -2.21. The molecule has 1 saturated heterocycles. The average molecular weight is 273 g/mol. The highest BCUT2D eigenvalue weighted by Gasteiger charge is 2.23. The molecule has 1 heterocycles. The van der Waals surface area contributed by atoms with Crippen molar-refractivity contribution in [1.82, 2.24) is 0 Å². The van der Waals surface area contributed by atoms with E-state index in [9.17, 15) is 0 Å². The smallest absolute Gasteiger partial charge is 0.0412 e. The summed E-state index contributed by atoms with van der Waals surface area (Å²) in [4.78, 5) is 2.37. The van der Waals surface area contributed by atoms with E-state index >= 15 is 0 Å². The Morgan fingerprint density at radius 3 is 2.68 bits per heavy atom. The van der Waals surface area contributed by atoms with Gasteiger partial charge in [0.15, 0.2) is 0 Å². The molecule has 3 heteroatoms. The first-order valence-electron chi connectivity index (χ1n) is 6.52. The van der Waals surface area contributed by atoms with Crippen LogP contribution in [-0.4, -0.2) is 13.1 Å². The Balaban J connectivity index is 1.90. The summed E-state index contributed by atoms with van der Waals surface area (Å²) in [6.45, 7) is 5.87.